The molecule has 3 N–H and O–H groups in total. The number of carbonyl (C=O) groups is 3. The zero-order valence-corrected chi connectivity index (χ0v) is 33.9. The van der Waals surface area contributed by atoms with Gasteiger partial charge in [-0.1, -0.05) is 103 Å². The molecule has 0 amide bonds. The lowest BCUT2D eigenvalue weighted by molar-refractivity contribution is -0.143. The van der Waals surface area contributed by atoms with Crippen LogP contribution in [-0.4, -0.2) is 102 Å². The van der Waals surface area contributed by atoms with Crippen LogP contribution in [0, 0.1) is 0 Å². The molecule has 0 rings (SSSR count). The van der Waals surface area contributed by atoms with Crippen LogP contribution >= 0.6 is 0 Å². The Morgan fingerprint density at radius 1 is 0.396 bits per heavy atom. The van der Waals surface area contributed by atoms with Crippen LogP contribution in [-0.2, 0) is 28.6 Å². The second-order valence-electron chi connectivity index (χ2n) is 13.8. The first-order chi connectivity index (χ1) is 25.7. The van der Waals surface area contributed by atoms with E-state index < -0.39 is 29.4 Å². The Bertz CT molecular complexity index is 990. The molecule has 0 aliphatic heterocycles. The van der Waals surface area contributed by atoms with Crippen LogP contribution in [0.1, 0.15) is 156 Å². The third-order valence-corrected chi connectivity index (χ3v) is 9.28. The molecule has 308 valence electrons. The molecular weight excluding hydrogens is 676 g/mol. The summed E-state index contributed by atoms with van der Waals surface area (Å²) in [6, 6.07) is 0. The summed E-state index contributed by atoms with van der Waals surface area (Å²) in [6.45, 7) is 12.2. The van der Waals surface area contributed by atoms with E-state index in [1.807, 2.05) is 0 Å². The minimum Gasteiger partial charge on any atom is -0.502 e. The van der Waals surface area contributed by atoms with Crippen molar-refractivity contribution in [2.75, 3.05) is 59.1 Å². The molecule has 0 atom stereocenters. The summed E-state index contributed by atoms with van der Waals surface area (Å²) in [7, 11) is 0. The molecule has 0 saturated heterocycles. The molecule has 0 heterocycles. The smallest absolute Gasteiger partial charge is 0.373 e. The standard InChI is InChI=1S/C42H76N2O9/c1-5-9-10-11-12-13-14-15-16-17-18-19-20-21-22-23-28-43(31-25-34-51-40(48)37(45)6-2)29-24-30-44(32-26-35-52-41(49)38(46)7-3)33-27-36-53-42(50)39(47)8-4/h6-8,45-47H,5,9-36H2,1-4H3. The topological polar surface area (TPSA) is 146 Å². The highest BCUT2D eigenvalue weighted by Crippen LogP contribution is 2.14. The van der Waals surface area contributed by atoms with Crippen LogP contribution in [0.25, 0.3) is 0 Å². The van der Waals surface area contributed by atoms with E-state index >= 15 is 0 Å². The maximum atomic E-state index is 11.8. The zero-order chi connectivity index (χ0) is 39.4. The van der Waals surface area contributed by atoms with Crippen LogP contribution in [0.2, 0.25) is 0 Å². The number of allylic oxidation sites excluding steroid dienone is 3. The summed E-state index contributed by atoms with van der Waals surface area (Å²) in [5.41, 5.74) is 0. The van der Waals surface area contributed by atoms with Crippen LogP contribution in [0.3, 0.4) is 0 Å². The maximum absolute atomic E-state index is 11.8. The molecule has 0 spiro atoms. The summed E-state index contributed by atoms with van der Waals surface area (Å²) < 4.78 is 15.5. The van der Waals surface area contributed by atoms with Crippen LogP contribution in [0.15, 0.2) is 35.5 Å². The normalized spacial score (nSPS) is 12.5. The van der Waals surface area contributed by atoms with Gasteiger partial charge in [0.1, 0.15) is 0 Å². The lowest BCUT2D eigenvalue weighted by atomic mass is 10.0. The third kappa shape index (κ3) is 30.0. The molecule has 0 unspecified atom stereocenters. The molecule has 0 aromatic heterocycles. The summed E-state index contributed by atoms with van der Waals surface area (Å²) >= 11 is 0. The highest BCUT2D eigenvalue weighted by Gasteiger charge is 2.13. The van der Waals surface area contributed by atoms with Crippen molar-refractivity contribution in [2.45, 2.75) is 156 Å². The van der Waals surface area contributed by atoms with Gasteiger partial charge in [0.2, 0.25) is 0 Å². The molecule has 0 aromatic carbocycles. The number of aliphatic hydroxyl groups excluding tert-OH is 3. The Morgan fingerprint density at radius 3 is 0.925 bits per heavy atom. The lowest BCUT2D eigenvalue weighted by Gasteiger charge is -2.26. The SMILES string of the molecule is CC=C(O)C(=O)OCCCN(CCCCCCCCCCCCCCCCCC)CCCN(CCCOC(=O)C(O)=CC)CCCOC(=O)C(O)=CC. The molecule has 0 radical (unpaired) electrons. The summed E-state index contributed by atoms with van der Waals surface area (Å²) in [6.07, 6.45) is 27.9. The molecule has 11 nitrogen and oxygen atoms in total. The fourth-order valence-corrected chi connectivity index (χ4v) is 6.01. The van der Waals surface area contributed by atoms with Crippen LogP contribution in [0.5, 0.6) is 0 Å². The number of aliphatic hydroxyl groups is 3. The average Bonchev–Trinajstić information content (AvgIpc) is 3.17. The third-order valence-electron chi connectivity index (χ3n) is 9.28. The van der Waals surface area contributed by atoms with Gasteiger partial charge < -0.3 is 39.3 Å². The van der Waals surface area contributed by atoms with Crippen molar-refractivity contribution in [2.24, 2.45) is 0 Å². The number of esters is 3. The molecular formula is C42H76N2O9. The van der Waals surface area contributed by atoms with E-state index in [0.29, 0.717) is 32.4 Å². The van der Waals surface area contributed by atoms with Gasteiger partial charge >= 0.3 is 17.9 Å². The zero-order valence-electron chi connectivity index (χ0n) is 33.9. The molecule has 0 aromatic rings. The van der Waals surface area contributed by atoms with E-state index in [0.717, 1.165) is 39.0 Å². The van der Waals surface area contributed by atoms with Crippen molar-refractivity contribution < 1.29 is 43.9 Å². The Hall–Kier alpha value is -3.05. The molecule has 0 aliphatic rings. The Balaban J connectivity index is 4.76. The van der Waals surface area contributed by atoms with E-state index in [4.69, 9.17) is 14.2 Å². The predicted molar refractivity (Wildman–Crippen MR) is 213 cm³/mol. The Morgan fingerprint density at radius 2 is 0.642 bits per heavy atom. The first-order valence-electron chi connectivity index (χ1n) is 20.7. The van der Waals surface area contributed by atoms with Gasteiger partial charge in [-0.2, -0.15) is 0 Å². The van der Waals surface area contributed by atoms with E-state index in [-0.39, 0.29) is 25.6 Å². The minimum absolute atomic E-state index is 0.171. The fraction of sp³-hybridized carbons (Fsp3) is 0.786. The largest absolute Gasteiger partial charge is 0.502 e. The number of ether oxygens (including phenoxy) is 3. The van der Waals surface area contributed by atoms with Gasteiger partial charge in [0.25, 0.3) is 0 Å². The lowest BCUT2D eigenvalue weighted by Crippen LogP contribution is -2.33. The van der Waals surface area contributed by atoms with Crippen molar-refractivity contribution in [3.63, 3.8) is 0 Å². The van der Waals surface area contributed by atoms with Gasteiger partial charge in [0.05, 0.1) is 19.8 Å². The van der Waals surface area contributed by atoms with Gasteiger partial charge in [0.15, 0.2) is 17.3 Å². The predicted octanol–water partition coefficient (Wildman–Crippen LogP) is 9.43. The van der Waals surface area contributed by atoms with E-state index in [1.165, 1.54) is 115 Å². The van der Waals surface area contributed by atoms with Crippen LogP contribution in [0.4, 0.5) is 0 Å². The Labute approximate surface area is 321 Å². The summed E-state index contributed by atoms with van der Waals surface area (Å²) in [5.74, 6) is -3.39. The van der Waals surface area contributed by atoms with E-state index in [9.17, 15) is 29.7 Å². The monoisotopic (exact) mass is 753 g/mol. The number of rotatable bonds is 36. The Kier molecular flexibility index (Phi) is 33.9. The van der Waals surface area contributed by atoms with Crippen LogP contribution < -0.4 is 0 Å². The molecule has 0 bridgehead atoms. The van der Waals surface area contributed by atoms with E-state index in [1.54, 1.807) is 20.8 Å². The number of nitrogens with zero attached hydrogens (tertiary/aromatic N) is 2. The molecule has 0 saturated carbocycles. The van der Waals surface area contributed by atoms with Crippen molar-refractivity contribution in [3.05, 3.63) is 35.5 Å². The average molecular weight is 753 g/mol. The van der Waals surface area contributed by atoms with Gasteiger partial charge in [-0.15, -0.1) is 0 Å². The molecule has 0 aliphatic carbocycles. The van der Waals surface area contributed by atoms with Crippen molar-refractivity contribution in [1.29, 1.82) is 0 Å². The minimum atomic E-state index is -0.744. The first-order valence-corrected chi connectivity index (χ1v) is 20.7. The van der Waals surface area contributed by atoms with Crippen molar-refractivity contribution in [3.8, 4) is 0 Å². The van der Waals surface area contributed by atoms with Gasteiger partial charge in [-0.05, 0) is 90.7 Å². The maximum Gasteiger partial charge on any atom is 0.373 e. The highest BCUT2D eigenvalue weighted by atomic mass is 16.6. The number of hydrogen-bond donors (Lipinski definition) is 3. The molecule has 0 fully saturated rings. The highest BCUT2D eigenvalue weighted by molar-refractivity contribution is 5.86. The second-order valence-corrected chi connectivity index (χ2v) is 13.8. The number of hydrogen-bond acceptors (Lipinski definition) is 11. The van der Waals surface area contributed by atoms with Crippen molar-refractivity contribution >= 4 is 17.9 Å². The van der Waals surface area contributed by atoms with Crippen molar-refractivity contribution in [1.82, 2.24) is 9.80 Å². The van der Waals surface area contributed by atoms with Gasteiger partial charge in [0, 0.05) is 19.6 Å². The first kappa shape index (κ1) is 49.9. The number of unbranched alkanes of at least 4 members (excludes halogenated alkanes) is 15. The fourth-order valence-electron chi connectivity index (χ4n) is 6.01. The molecule has 11 heteroatoms. The molecule has 53 heavy (non-hydrogen) atoms. The summed E-state index contributed by atoms with van der Waals surface area (Å²) in [5, 5.41) is 28.7. The van der Waals surface area contributed by atoms with E-state index in [2.05, 4.69) is 16.7 Å². The summed E-state index contributed by atoms with van der Waals surface area (Å²) in [4.78, 5) is 40.1. The quantitative estimate of drug-likeness (QED) is 0.0185. The second kappa shape index (κ2) is 36.0. The number of carbonyl (C=O) groups excluding carboxylic acids is 3. The van der Waals surface area contributed by atoms with Gasteiger partial charge in [-0.3, -0.25) is 0 Å². The van der Waals surface area contributed by atoms with Gasteiger partial charge in [-0.25, -0.2) is 14.4 Å².